The Hall–Kier alpha value is -0.220. The van der Waals surface area contributed by atoms with Crippen molar-refractivity contribution < 1.29 is 14.6 Å². The smallest absolute Gasteiger partial charge is 0.306 e. The summed E-state index contributed by atoms with van der Waals surface area (Å²) in [5.74, 6) is 0.594. The quantitative estimate of drug-likeness (QED) is 0.728. The number of carbonyl (C=O) groups excluding carboxylic acids is 1. The first-order valence-corrected chi connectivity index (χ1v) is 6.15. The van der Waals surface area contributed by atoms with Crippen LogP contribution in [-0.4, -0.2) is 35.3 Å². The van der Waals surface area contributed by atoms with E-state index in [0.717, 1.165) is 25.0 Å². The van der Waals surface area contributed by atoms with Crippen molar-refractivity contribution in [3.8, 4) is 0 Å². The Morgan fingerprint density at radius 1 is 1.50 bits per heavy atom. The summed E-state index contributed by atoms with van der Waals surface area (Å²) in [5, 5.41) is 9.98. The lowest BCUT2D eigenvalue weighted by Crippen LogP contribution is -2.27. The maximum absolute atomic E-state index is 10.8. The molecule has 0 aromatic carbocycles. The summed E-state index contributed by atoms with van der Waals surface area (Å²) in [5.41, 5.74) is 0. The molecular formula is C10H18O3S. The van der Waals surface area contributed by atoms with Gasteiger partial charge in [-0.2, -0.15) is 11.8 Å². The molecule has 0 aromatic rings. The first kappa shape index (κ1) is 11.9. The maximum Gasteiger partial charge on any atom is 0.306 e. The highest BCUT2D eigenvalue weighted by Crippen LogP contribution is 2.28. The molecule has 1 saturated carbocycles. The molecule has 0 spiro atoms. The third kappa shape index (κ3) is 3.88. The molecule has 1 rings (SSSR count). The molecule has 1 aliphatic carbocycles. The maximum atomic E-state index is 10.8. The average molecular weight is 218 g/mol. The van der Waals surface area contributed by atoms with Crippen molar-refractivity contribution in [2.24, 2.45) is 0 Å². The number of aliphatic hydroxyl groups excluding tert-OH is 1. The van der Waals surface area contributed by atoms with Gasteiger partial charge in [-0.25, -0.2) is 0 Å². The predicted molar refractivity (Wildman–Crippen MR) is 57.4 cm³/mol. The van der Waals surface area contributed by atoms with Gasteiger partial charge in [0.15, 0.2) is 0 Å². The van der Waals surface area contributed by atoms with Crippen molar-refractivity contribution >= 4 is 17.7 Å². The zero-order valence-electron chi connectivity index (χ0n) is 8.57. The molecule has 3 nitrogen and oxygen atoms in total. The Balaban J connectivity index is 2.13. The lowest BCUT2D eigenvalue weighted by atomic mass is 9.97. The molecule has 0 amide bonds. The largest absolute Gasteiger partial charge is 0.469 e. The number of thioether (sulfide) groups is 1. The molecule has 0 aromatic heterocycles. The normalized spacial score (nSPS) is 27.3. The fourth-order valence-electron chi connectivity index (χ4n) is 1.67. The van der Waals surface area contributed by atoms with Gasteiger partial charge in [-0.15, -0.1) is 0 Å². The lowest BCUT2D eigenvalue weighted by Gasteiger charge is -2.26. The number of aliphatic hydroxyl groups is 1. The van der Waals surface area contributed by atoms with Gasteiger partial charge in [0.1, 0.15) is 0 Å². The number of carbonyl (C=O) groups is 1. The summed E-state index contributed by atoms with van der Waals surface area (Å²) in [6.45, 7) is 0. The molecular weight excluding hydrogens is 200 g/mol. The number of hydrogen-bond donors (Lipinski definition) is 1. The summed E-state index contributed by atoms with van der Waals surface area (Å²) in [6.07, 6.45) is 4.60. The van der Waals surface area contributed by atoms with Crippen LogP contribution < -0.4 is 0 Å². The van der Waals surface area contributed by atoms with Gasteiger partial charge in [0.2, 0.25) is 0 Å². The molecule has 0 heterocycles. The second kappa shape index (κ2) is 6.30. The molecule has 4 heteroatoms. The Morgan fingerprint density at radius 3 is 2.86 bits per heavy atom. The minimum absolute atomic E-state index is 0.164. The highest BCUT2D eigenvalue weighted by atomic mass is 32.2. The third-order valence-corrected chi connectivity index (χ3v) is 3.95. The van der Waals surface area contributed by atoms with Crippen LogP contribution in [0.3, 0.4) is 0 Å². The Bertz CT molecular complexity index is 184. The van der Waals surface area contributed by atoms with Crippen LogP contribution in [0.2, 0.25) is 0 Å². The number of rotatable bonds is 4. The molecule has 14 heavy (non-hydrogen) atoms. The van der Waals surface area contributed by atoms with Gasteiger partial charge in [0, 0.05) is 11.0 Å². The van der Waals surface area contributed by atoms with Crippen molar-refractivity contribution in [2.75, 3.05) is 12.9 Å². The molecule has 1 aliphatic rings. The van der Waals surface area contributed by atoms with Crippen LogP contribution in [0.4, 0.5) is 0 Å². The van der Waals surface area contributed by atoms with E-state index in [1.165, 1.54) is 13.5 Å². The highest BCUT2D eigenvalue weighted by molar-refractivity contribution is 7.99. The van der Waals surface area contributed by atoms with Gasteiger partial charge in [-0.1, -0.05) is 12.8 Å². The van der Waals surface area contributed by atoms with Gasteiger partial charge >= 0.3 is 5.97 Å². The van der Waals surface area contributed by atoms with E-state index in [1.54, 1.807) is 11.8 Å². The molecule has 0 unspecified atom stereocenters. The van der Waals surface area contributed by atoms with Crippen molar-refractivity contribution in [1.29, 1.82) is 0 Å². The van der Waals surface area contributed by atoms with Crippen LogP contribution in [0.1, 0.15) is 32.1 Å². The zero-order chi connectivity index (χ0) is 10.4. The number of methoxy groups -OCH3 is 1. The molecule has 0 bridgehead atoms. The molecule has 0 saturated heterocycles. The van der Waals surface area contributed by atoms with E-state index < -0.39 is 0 Å². The van der Waals surface area contributed by atoms with Gasteiger partial charge in [-0.05, 0) is 12.8 Å². The summed E-state index contributed by atoms with van der Waals surface area (Å²) in [6, 6.07) is 0. The molecule has 0 radical (unpaired) electrons. The Morgan fingerprint density at radius 2 is 2.21 bits per heavy atom. The van der Waals surface area contributed by atoms with E-state index in [0.29, 0.717) is 11.7 Å². The zero-order valence-corrected chi connectivity index (χ0v) is 9.39. The lowest BCUT2D eigenvalue weighted by molar-refractivity contribution is -0.140. The summed E-state index contributed by atoms with van der Waals surface area (Å²) in [7, 11) is 1.41. The van der Waals surface area contributed by atoms with E-state index in [9.17, 15) is 9.90 Å². The molecule has 1 N–H and O–H groups in total. The average Bonchev–Trinajstić information content (AvgIpc) is 2.20. The second-order valence-electron chi connectivity index (χ2n) is 3.59. The topological polar surface area (TPSA) is 46.5 Å². The van der Waals surface area contributed by atoms with Crippen molar-refractivity contribution in [1.82, 2.24) is 0 Å². The fraction of sp³-hybridized carbons (Fsp3) is 0.900. The van der Waals surface area contributed by atoms with Gasteiger partial charge in [0.25, 0.3) is 0 Å². The van der Waals surface area contributed by atoms with E-state index >= 15 is 0 Å². The third-order valence-electron chi connectivity index (χ3n) is 2.53. The minimum atomic E-state index is -0.175. The van der Waals surface area contributed by atoms with Crippen molar-refractivity contribution in [2.45, 2.75) is 43.5 Å². The molecule has 0 aliphatic heterocycles. The van der Waals surface area contributed by atoms with E-state index in [1.807, 2.05) is 0 Å². The van der Waals surface area contributed by atoms with Crippen LogP contribution in [0.5, 0.6) is 0 Å². The molecule has 1 fully saturated rings. The van der Waals surface area contributed by atoms with E-state index in [2.05, 4.69) is 4.74 Å². The summed E-state index contributed by atoms with van der Waals surface area (Å²) >= 11 is 1.70. The second-order valence-corrected chi connectivity index (χ2v) is 4.93. The van der Waals surface area contributed by atoms with Crippen LogP contribution >= 0.6 is 11.8 Å². The first-order chi connectivity index (χ1) is 6.74. The Kier molecular flexibility index (Phi) is 5.33. The fourth-order valence-corrected chi connectivity index (χ4v) is 2.95. The monoisotopic (exact) mass is 218 g/mol. The Labute approximate surface area is 89.2 Å². The van der Waals surface area contributed by atoms with Crippen LogP contribution in [-0.2, 0) is 9.53 Å². The van der Waals surface area contributed by atoms with Crippen LogP contribution in [0.15, 0.2) is 0 Å². The SMILES string of the molecule is COC(=O)CCS[C@H]1CCCC[C@@H]1O. The van der Waals surface area contributed by atoms with Gasteiger partial charge in [-0.3, -0.25) is 4.79 Å². The number of esters is 1. The van der Waals surface area contributed by atoms with Crippen molar-refractivity contribution in [3.05, 3.63) is 0 Å². The summed E-state index contributed by atoms with van der Waals surface area (Å²) in [4.78, 5) is 10.8. The summed E-state index contributed by atoms with van der Waals surface area (Å²) < 4.78 is 4.55. The highest BCUT2D eigenvalue weighted by Gasteiger charge is 2.23. The number of hydrogen-bond acceptors (Lipinski definition) is 4. The molecule has 82 valence electrons. The minimum Gasteiger partial charge on any atom is -0.469 e. The first-order valence-electron chi connectivity index (χ1n) is 5.10. The molecule has 2 atom stereocenters. The van der Waals surface area contributed by atoms with Crippen molar-refractivity contribution in [3.63, 3.8) is 0 Å². The van der Waals surface area contributed by atoms with Crippen LogP contribution in [0, 0.1) is 0 Å². The standard InChI is InChI=1S/C10H18O3S/c1-13-10(12)6-7-14-9-5-3-2-4-8(9)11/h8-9,11H,2-7H2,1H3/t8-,9-/m0/s1. The van der Waals surface area contributed by atoms with Gasteiger partial charge in [0.05, 0.1) is 19.6 Å². The van der Waals surface area contributed by atoms with Crippen LogP contribution in [0.25, 0.3) is 0 Å². The van der Waals surface area contributed by atoms with Gasteiger partial charge < -0.3 is 9.84 Å². The predicted octanol–water partition coefficient (Wildman–Crippen LogP) is 1.59. The number of ether oxygens (including phenoxy) is 1. The van der Waals surface area contributed by atoms with E-state index in [-0.39, 0.29) is 12.1 Å². The van der Waals surface area contributed by atoms with E-state index in [4.69, 9.17) is 0 Å².